The summed E-state index contributed by atoms with van der Waals surface area (Å²) >= 11 is 0. The zero-order valence-corrected chi connectivity index (χ0v) is 9.73. The van der Waals surface area contributed by atoms with Crippen molar-refractivity contribution < 1.29 is 4.39 Å². The average molecular weight is 234 g/mol. The molecule has 0 saturated carbocycles. The Morgan fingerprint density at radius 2 is 2.00 bits per heavy atom. The number of rotatable bonds is 4. The van der Waals surface area contributed by atoms with Gasteiger partial charge in [0.25, 0.3) is 0 Å². The summed E-state index contributed by atoms with van der Waals surface area (Å²) in [5.74, 6) is -0.227. The van der Waals surface area contributed by atoms with Crippen molar-refractivity contribution in [2.45, 2.75) is 26.4 Å². The number of hydrogen-bond donors (Lipinski definition) is 1. The first-order chi connectivity index (χ1) is 8.24. The van der Waals surface area contributed by atoms with Crippen molar-refractivity contribution in [2.75, 3.05) is 0 Å². The zero-order chi connectivity index (χ0) is 12.3. The van der Waals surface area contributed by atoms with Gasteiger partial charge in [-0.2, -0.15) is 0 Å². The Morgan fingerprint density at radius 3 is 2.59 bits per heavy atom. The lowest BCUT2D eigenvalue weighted by atomic mass is 10.1. The summed E-state index contributed by atoms with van der Waals surface area (Å²) in [5.41, 5.74) is 8.45. The van der Waals surface area contributed by atoms with Crippen LogP contribution in [-0.4, -0.2) is 15.0 Å². The Kier molecular flexibility index (Phi) is 3.49. The Labute approximate surface area is 99.2 Å². The van der Waals surface area contributed by atoms with Crippen LogP contribution < -0.4 is 5.73 Å². The summed E-state index contributed by atoms with van der Waals surface area (Å²) in [4.78, 5) is 0. The highest BCUT2D eigenvalue weighted by atomic mass is 19.1. The van der Waals surface area contributed by atoms with Crippen LogP contribution in [0.5, 0.6) is 0 Å². The minimum Gasteiger partial charge on any atom is -0.325 e. The average Bonchev–Trinajstić information content (AvgIpc) is 2.74. The normalized spacial score (nSPS) is 10.8. The van der Waals surface area contributed by atoms with Crippen LogP contribution in [0.3, 0.4) is 0 Å². The summed E-state index contributed by atoms with van der Waals surface area (Å²) < 4.78 is 14.6. The summed E-state index contributed by atoms with van der Waals surface area (Å²) in [6.45, 7) is 3.13. The Morgan fingerprint density at radius 1 is 1.29 bits per heavy atom. The van der Waals surface area contributed by atoms with E-state index in [1.54, 1.807) is 12.1 Å². The molecule has 1 aromatic carbocycles. The molecule has 0 fully saturated rings. The molecular formula is C12H15FN4. The fraction of sp³-hybridized carbons (Fsp3) is 0.333. The first-order valence-electron chi connectivity index (χ1n) is 5.60. The van der Waals surface area contributed by atoms with E-state index in [0.29, 0.717) is 13.0 Å². The topological polar surface area (TPSA) is 56.7 Å². The first-order valence-corrected chi connectivity index (χ1v) is 5.60. The molecule has 2 aromatic rings. The van der Waals surface area contributed by atoms with Crippen LogP contribution in [0.25, 0.3) is 0 Å². The molecule has 1 aromatic heterocycles. The molecule has 2 rings (SSSR count). The summed E-state index contributed by atoms with van der Waals surface area (Å²) in [7, 11) is 0. The van der Waals surface area contributed by atoms with Crippen molar-refractivity contribution in [3.05, 3.63) is 47.0 Å². The predicted molar refractivity (Wildman–Crippen MR) is 62.8 cm³/mol. The van der Waals surface area contributed by atoms with Gasteiger partial charge in [0.1, 0.15) is 5.82 Å². The van der Waals surface area contributed by atoms with Crippen LogP contribution in [0.4, 0.5) is 4.39 Å². The molecular weight excluding hydrogens is 219 g/mol. The molecule has 0 saturated heterocycles. The van der Waals surface area contributed by atoms with Gasteiger partial charge in [-0.25, -0.2) is 9.07 Å². The number of hydrogen-bond acceptors (Lipinski definition) is 3. The number of nitrogens with two attached hydrogens (primary N) is 1. The monoisotopic (exact) mass is 234 g/mol. The van der Waals surface area contributed by atoms with E-state index in [0.717, 1.165) is 23.5 Å². The van der Waals surface area contributed by atoms with E-state index in [2.05, 4.69) is 10.3 Å². The van der Waals surface area contributed by atoms with Crippen LogP contribution in [-0.2, 0) is 19.5 Å². The highest BCUT2D eigenvalue weighted by molar-refractivity contribution is 5.24. The maximum atomic E-state index is 12.8. The van der Waals surface area contributed by atoms with Crippen molar-refractivity contribution in [3.8, 4) is 0 Å². The molecule has 17 heavy (non-hydrogen) atoms. The van der Waals surface area contributed by atoms with E-state index in [-0.39, 0.29) is 5.82 Å². The highest BCUT2D eigenvalue weighted by Gasteiger charge is 2.11. The molecule has 0 aliphatic heterocycles. The van der Waals surface area contributed by atoms with Gasteiger partial charge in [0.2, 0.25) is 0 Å². The number of aromatic nitrogens is 3. The quantitative estimate of drug-likeness (QED) is 0.871. The van der Waals surface area contributed by atoms with Gasteiger partial charge in [-0.1, -0.05) is 17.3 Å². The molecule has 0 atom stereocenters. The predicted octanol–water partition coefficient (Wildman–Crippen LogP) is 1.49. The molecule has 1 heterocycles. The summed E-state index contributed by atoms with van der Waals surface area (Å²) in [6, 6.07) is 6.44. The Hall–Kier alpha value is -1.75. The molecule has 0 amide bonds. The lowest BCUT2D eigenvalue weighted by Gasteiger charge is -2.05. The molecule has 4 nitrogen and oxygen atoms in total. The van der Waals surface area contributed by atoms with Crippen molar-refractivity contribution in [1.29, 1.82) is 0 Å². The molecule has 90 valence electrons. The maximum absolute atomic E-state index is 12.8. The van der Waals surface area contributed by atoms with Crippen LogP contribution in [0.15, 0.2) is 24.3 Å². The van der Waals surface area contributed by atoms with Crippen molar-refractivity contribution in [3.63, 3.8) is 0 Å². The number of aryl methyl sites for hydroxylation is 1. The van der Waals surface area contributed by atoms with Gasteiger partial charge < -0.3 is 5.73 Å². The number of benzene rings is 1. The molecule has 0 spiro atoms. The lowest BCUT2D eigenvalue weighted by Crippen LogP contribution is -2.07. The molecule has 0 unspecified atom stereocenters. The van der Waals surface area contributed by atoms with Crippen LogP contribution in [0.1, 0.15) is 23.9 Å². The third kappa shape index (κ3) is 2.50. The second kappa shape index (κ2) is 5.05. The molecule has 5 heteroatoms. The standard InChI is InChI=1S/C12H15FN4/c1-2-17-12(11(8-14)15-16-17)7-9-3-5-10(13)6-4-9/h3-6H,2,7-8,14H2,1H3. The molecule has 0 aliphatic rings. The highest BCUT2D eigenvalue weighted by Crippen LogP contribution is 2.13. The van der Waals surface area contributed by atoms with Gasteiger partial charge in [-0.3, -0.25) is 0 Å². The number of halogens is 1. The van der Waals surface area contributed by atoms with Crippen molar-refractivity contribution in [1.82, 2.24) is 15.0 Å². The van der Waals surface area contributed by atoms with E-state index in [4.69, 9.17) is 5.73 Å². The third-order valence-electron chi connectivity index (χ3n) is 2.70. The molecule has 0 bridgehead atoms. The van der Waals surface area contributed by atoms with E-state index >= 15 is 0 Å². The molecule has 0 radical (unpaired) electrons. The van der Waals surface area contributed by atoms with Crippen LogP contribution >= 0.6 is 0 Å². The van der Waals surface area contributed by atoms with Gasteiger partial charge in [-0.05, 0) is 24.6 Å². The smallest absolute Gasteiger partial charge is 0.123 e. The van der Waals surface area contributed by atoms with Gasteiger partial charge in [-0.15, -0.1) is 5.10 Å². The minimum atomic E-state index is -0.227. The van der Waals surface area contributed by atoms with Crippen LogP contribution in [0, 0.1) is 5.82 Å². The molecule has 0 aliphatic carbocycles. The van der Waals surface area contributed by atoms with Crippen molar-refractivity contribution in [2.24, 2.45) is 5.73 Å². The third-order valence-corrected chi connectivity index (χ3v) is 2.70. The van der Waals surface area contributed by atoms with Gasteiger partial charge in [0.15, 0.2) is 0 Å². The maximum Gasteiger partial charge on any atom is 0.123 e. The zero-order valence-electron chi connectivity index (χ0n) is 9.73. The first kappa shape index (κ1) is 11.7. The van der Waals surface area contributed by atoms with Gasteiger partial charge >= 0.3 is 0 Å². The van der Waals surface area contributed by atoms with E-state index in [1.165, 1.54) is 12.1 Å². The van der Waals surface area contributed by atoms with E-state index in [9.17, 15) is 4.39 Å². The molecule has 2 N–H and O–H groups in total. The lowest BCUT2D eigenvalue weighted by molar-refractivity contribution is 0.603. The largest absolute Gasteiger partial charge is 0.325 e. The summed E-state index contributed by atoms with van der Waals surface area (Å²) in [6.07, 6.45) is 0.674. The SMILES string of the molecule is CCn1nnc(CN)c1Cc1ccc(F)cc1. The fourth-order valence-electron chi connectivity index (χ4n) is 1.77. The van der Waals surface area contributed by atoms with Gasteiger partial charge in [0.05, 0.1) is 11.4 Å². The minimum absolute atomic E-state index is 0.227. The second-order valence-corrected chi connectivity index (χ2v) is 3.81. The Bertz CT molecular complexity index is 468. The summed E-state index contributed by atoms with van der Waals surface area (Å²) in [5, 5.41) is 8.06. The van der Waals surface area contributed by atoms with Crippen LogP contribution in [0.2, 0.25) is 0 Å². The second-order valence-electron chi connectivity index (χ2n) is 3.81. The van der Waals surface area contributed by atoms with Gasteiger partial charge in [0, 0.05) is 19.5 Å². The number of nitrogens with zero attached hydrogens (tertiary/aromatic N) is 3. The van der Waals surface area contributed by atoms with E-state index < -0.39 is 0 Å². The van der Waals surface area contributed by atoms with Crippen molar-refractivity contribution >= 4 is 0 Å². The Balaban J connectivity index is 2.28. The fourth-order valence-corrected chi connectivity index (χ4v) is 1.77. The van der Waals surface area contributed by atoms with E-state index in [1.807, 2.05) is 11.6 Å².